The number of hydrogen-bond acceptors (Lipinski definition) is 1. The highest BCUT2D eigenvalue weighted by Crippen LogP contribution is 2.11. The zero-order chi connectivity index (χ0) is 9.68. The van der Waals surface area contributed by atoms with E-state index >= 15 is 0 Å². The predicted molar refractivity (Wildman–Crippen MR) is 57.9 cm³/mol. The van der Waals surface area contributed by atoms with E-state index in [1.54, 1.807) is 0 Å². The van der Waals surface area contributed by atoms with E-state index in [9.17, 15) is 4.79 Å². The fourth-order valence-corrected chi connectivity index (χ4v) is 1.24. The highest BCUT2D eigenvalue weighted by molar-refractivity contribution is 9.10. The van der Waals surface area contributed by atoms with Crippen molar-refractivity contribution in [3.63, 3.8) is 0 Å². The van der Waals surface area contributed by atoms with E-state index in [4.69, 9.17) is 0 Å². The van der Waals surface area contributed by atoms with E-state index in [0.29, 0.717) is 6.42 Å². The van der Waals surface area contributed by atoms with Gasteiger partial charge in [0.1, 0.15) is 0 Å². The summed E-state index contributed by atoms with van der Waals surface area (Å²) in [5, 5.41) is 0. The lowest BCUT2D eigenvalue weighted by Gasteiger charge is -1.97. The van der Waals surface area contributed by atoms with Crippen LogP contribution in [0.1, 0.15) is 23.7 Å². The molecule has 0 amide bonds. The van der Waals surface area contributed by atoms with Crippen molar-refractivity contribution in [2.75, 3.05) is 0 Å². The van der Waals surface area contributed by atoms with Crippen molar-refractivity contribution in [3.8, 4) is 0 Å². The van der Waals surface area contributed by atoms with Crippen LogP contribution in [0.5, 0.6) is 0 Å². The van der Waals surface area contributed by atoms with Crippen molar-refractivity contribution in [2.45, 2.75) is 13.3 Å². The fourth-order valence-electron chi connectivity index (χ4n) is 0.979. The minimum atomic E-state index is 0.158. The van der Waals surface area contributed by atoms with Crippen LogP contribution in [0.2, 0.25) is 0 Å². The fraction of sp³-hybridized carbons (Fsp3) is 0.182. The van der Waals surface area contributed by atoms with Crippen LogP contribution in [-0.4, -0.2) is 5.78 Å². The first-order chi connectivity index (χ1) is 6.24. The van der Waals surface area contributed by atoms with Crippen molar-refractivity contribution in [1.29, 1.82) is 0 Å². The van der Waals surface area contributed by atoms with Crippen LogP contribution in [0, 0.1) is 0 Å². The molecule has 0 spiro atoms. The molecule has 1 aromatic carbocycles. The Hall–Kier alpha value is -0.890. The van der Waals surface area contributed by atoms with Crippen LogP contribution in [0.25, 0.3) is 0 Å². The second-order valence-corrected chi connectivity index (χ2v) is 3.62. The van der Waals surface area contributed by atoms with Gasteiger partial charge in [-0.15, -0.1) is 0 Å². The van der Waals surface area contributed by atoms with Crippen LogP contribution in [0.4, 0.5) is 0 Å². The Labute approximate surface area is 86.6 Å². The molecule has 0 radical (unpaired) electrons. The molecule has 0 unspecified atom stereocenters. The van der Waals surface area contributed by atoms with Crippen molar-refractivity contribution in [2.24, 2.45) is 0 Å². The molecule has 2 heteroatoms. The van der Waals surface area contributed by atoms with Gasteiger partial charge < -0.3 is 0 Å². The first-order valence-corrected chi connectivity index (χ1v) is 4.93. The molecular weight excluding hydrogens is 228 g/mol. The number of halogens is 1. The van der Waals surface area contributed by atoms with Gasteiger partial charge in [0.15, 0.2) is 5.78 Å². The second kappa shape index (κ2) is 4.97. The summed E-state index contributed by atoms with van der Waals surface area (Å²) in [4.78, 5) is 11.4. The summed E-state index contributed by atoms with van der Waals surface area (Å²) in [5.74, 6) is 0.158. The van der Waals surface area contributed by atoms with Crippen LogP contribution in [0.3, 0.4) is 0 Å². The van der Waals surface area contributed by atoms with E-state index in [-0.39, 0.29) is 5.78 Å². The number of rotatable bonds is 3. The Kier molecular flexibility index (Phi) is 3.90. The average molecular weight is 239 g/mol. The molecule has 1 rings (SSSR count). The Morgan fingerprint density at radius 2 is 2.00 bits per heavy atom. The third-order valence-corrected chi connectivity index (χ3v) is 2.23. The third kappa shape index (κ3) is 3.15. The van der Waals surface area contributed by atoms with E-state index in [1.165, 1.54) is 0 Å². The molecule has 68 valence electrons. The maximum Gasteiger partial charge on any atom is 0.166 e. The van der Waals surface area contributed by atoms with Gasteiger partial charge in [0, 0.05) is 16.5 Å². The zero-order valence-corrected chi connectivity index (χ0v) is 9.04. The van der Waals surface area contributed by atoms with Gasteiger partial charge in [0.2, 0.25) is 0 Å². The van der Waals surface area contributed by atoms with Crippen molar-refractivity contribution >= 4 is 21.7 Å². The summed E-state index contributed by atoms with van der Waals surface area (Å²) in [6.45, 7) is 1.91. The van der Waals surface area contributed by atoms with Crippen molar-refractivity contribution in [1.82, 2.24) is 0 Å². The average Bonchev–Trinajstić information content (AvgIpc) is 2.15. The van der Waals surface area contributed by atoms with Gasteiger partial charge in [-0.3, -0.25) is 4.79 Å². The quantitative estimate of drug-likeness (QED) is 0.581. The number of carbonyl (C=O) groups excluding carboxylic acids is 1. The van der Waals surface area contributed by atoms with Gasteiger partial charge in [0.05, 0.1) is 0 Å². The molecule has 0 fully saturated rings. The molecule has 0 aliphatic heterocycles. The molecule has 0 aliphatic rings. The summed E-state index contributed by atoms with van der Waals surface area (Å²) >= 11 is 3.32. The summed E-state index contributed by atoms with van der Waals surface area (Å²) < 4.78 is 0.995. The van der Waals surface area contributed by atoms with Crippen LogP contribution in [0.15, 0.2) is 40.9 Å². The lowest BCUT2D eigenvalue weighted by atomic mass is 10.1. The minimum absolute atomic E-state index is 0.158. The summed E-state index contributed by atoms with van der Waals surface area (Å²) in [6.07, 6.45) is 4.24. The second-order valence-electron chi connectivity index (χ2n) is 2.70. The summed E-state index contributed by atoms with van der Waals surface area (Å²) in [5.41, 5.74) is 0.765. The Bertz CT molecular complexity index is 311. The largest absolute Gasteiger partial charge is 0.294 e. The molecule has 0 aliphatic carbocycles. The molecule has 1 nitrogen and oxygen atoms in total. The Balaban J connectivity index is 2.72. The minimum Gasteiger partial charge on any atom is -0.294 e. The van der Waals surface area contributed by atoms with E-state index in [1.807, 2.05) is 43.3 Å². The highest BCUT2D eigenvalue weighted by Gasteiger charge is 2.01. The number of ketones is 1. The number of carbonyl (C=O) groups is 1. The molecule has 0 bridgehead atoms. The molecule has 0 heterocycles. The van der Waals surface area contributed by atoms with Gasteiger partial charge in [-0.05, 0) is 19.1 Å². The van der Waals surface area contributed by atoms with Gasteiger partial charge >= 0.3 is 0 Å². The SMILES string of the molecule is C/C=C/CC(=O)c1ccc(Br)cc1. The first-order valence-electron chi connectivity index (χ1n) is 4.14. The van der Waals surface area contributed by atoms with Crippen LogP contribution >= 0.6 is 15.9 Å². The van der Waals surface area contributed by atoms with Crippen molar-refractivity contribution < 1.29 is 4.79 Å². The van der Waals surface area contributed by atoms with E-state index in [0.717, 1.165) is 10.0 Å². The molecule has 0 atom stereocenters. The van der Waals surface area contributed by atoms with Gasteiger partial charge in [-0.25, -0.2) is 0 Å². The number of hydrogen-bond donors (Lipinski definition) is 0. The molecule has 0 saturated carbocycles. The number of allylic oxidation sites excluding steroid dienone is 2. The van der Waals surface area contributed by atoms with Gasteiger partial charge in [-0.2, -0.15) is 0 Å². The van der Waals surface area contributed by atoms with Crippen LogP contribution in [-0.2, 0) is 0 Å². The monoisotopic (exact) mass is 238 g/mol. The maximum atomic E-state index is 11.4. The molecule has 0 saturated heterocycles. The Morgan fingerprint density at radius 3 is 2.54 bits per heavy atom. The maximum absolute atomic E-state index is 11.4. The molecule has 1 aromatic rings. The topological polar surface area (TPSA) is 17.1 Å². The normalized spacial score (nSPS) is 10.6. The van der Waals surface area contributed by atoms with Crippen LogP contribution < -0.4 is 0 Å². The van der Waals surface area contributed by atoms with Gasteiger partial charge in [0.25, 0.3) is 0 Å². The smallest absolute Gasteiger partial charge is 0.166 e. The summed E-state index contributed by atoms with van der Waals surface area (Å²) in [7, 11) is 0. The molecule has 0 aromatic heterocycles. The third-order valence-electron chi connectivity index (χ3n) is 1.71. The first kappa shape index (κ1) is 10.2. The number of benzene rings is 1. The molecule has 0 N–H and O–H groups in total. The van der Waals surface area contributed by atoms with Gasteiger partial charge in [-0.1, -0.05) is 40.2 Å². The lowest BCUT2D eigenvalue weighted by molar-refractivity contribution is 0.0996. The van der Waals surface area contributed by atoms with E-state index in [2.05, 4.69) is 15.9 Å². The zero-order valence-electron chi connectivity index (χ0n) is 7.46. The summed E-state index contributed by atoms with van der Waals surface area (Å²) in [6, 6.07) is 7.41. The predicted octanol–water partition coefficient (Wildman–Crippen LogP) is 3.60. The lowest BCUT2D eigenvalue weighted by Crippen LogP contribution is -1.95. The van der Waals surface area contributed by atoms with Crippen molar-refractivity contribution in [3.05, 3.63) is 46.5 Å². The molecular formula is C11H11BrO. The number of Topliss-reactive ketones (excluding diaryl/α,β-unsaturated/α-hetero) is 1. The highest BCUT2D eigenvalue weighted by atomic mass is 79.9. The standard InChI is InChI=1S/C11H11BrO/c1-2-3-4-11(13)9-5-7-10(12)8-6-9/h2-3,5-8H,4H2,1H3/b3-2+. The molecule has 13 heavy (non-hydrogen) atoms. The Morgan fingerprint density at radius 1 is 1.38 bits per heavy atom. The van der Waals surface area contributed by atoms with E-state index < -0.39 is 0 Å².